The van der Waals surface area contributed by atoms with Crippen molar-refractivity contribution in [1.82, 2.24) is 4.98 Å². The first-order valence-electron chi connectivity index (χ1n) is 5.88. The Morgan fingerprint density at radius 2 is 1.94 bits per heavy atom. The smallest absolute Gasteiger partial charge is 0.137 e. The molecule has 0 radical (unpaired) electrons. The molecule has 2 aromatic rings. The van der Waals surface area contributed by atoms with E-state index in [-0.39, 0.29) is 0 Å². The van der Waals surface area contributed by atoms with E-state index in [1.54, 1.807) is 6.20 Å². The molecule has 3 rings (SSSR count). The topological polar surface area (TPSA) is 30.0 Å². The van der Waals surface area contributed by atoms with Crippen LogP contribution in [0.1, 0.15) is 17.5 Å². The highest BCUT2D eigenvalue weighted by atomic mass is 16.1. The molecule has 1 aromatic heterocycles. The minimum atomic E-state index is 0.334. The Balaban J connectivity index is 2.15. The van der Waals surface area contributed by atoms with Gasteiger partial charge < -0.3 is 0 Å². The van der Waals surface area contributed by atoms with Crippen LogP contribution in [0.4, 0.5) is 0 Å². The third-order valence-corrected chi connectivity index (χ3v) is 3.26. The molecule has 0 aliphatic heterocycles. The number of aryl methyl sites for hydroxylation is 1. The lowest BCUT2D eigenvalue weighted by Crippen LogP contribution is -2.14. The van der Waals surface area contributed by atoms with Gasteiger partial charge in [0, 0.05) is 24.6 Å². The fourth-order valence-corrected chi connectivity index (χ4v) is 2.40. The number of benzene rings is 1. The molecular formula is C15H13NO. The number of pyridine rings is 1. The maximum atomic E-state index is 11.6. The van der Waals surface area contributed by atoms with Gasteiger partial charge in [-0.05, 0) is 29.7 Å². The number of carbonyl (C=O) groups excluding carboxylic acids is 1. The second-order valence-corrected chi connectivity index (χ2v) is 4.37. The largest absolute Gasteiger partial charge is 0.299 e. The van der Waals surface area contributed by atoms with Crippen LogP contribution in [0.3, 0.4) is 0 Å². The molecule has 2 nitrogen and oxygen atoms in total. The summed E-state index contributed by atoms with van der Waals surface area (Å²) in [4.78, 5) is 16.0. The predicted octanol–water partition coefficient (Wildman–Crippen LogP) is 2.81. The third kappa shape index (κ3) is 1.86. The first-order chi connectivity index (χ1) is 8.34. The van der Waals surface area contributed by atoms with Crippen LogP contribution in [0.15, 0.2) is 42.6 Å². The number of carbonyl (C=O) groups is 1. The summed E-state index contributed by atoms with van der Waals surface area (Å²) in [6.07, 6.45) is 3.90. The zero-order valence-corrected chi connectivity index (χ0v) is 9.52. The highest BCUT2D eigenvalue weighted by Crippen LogP contribution is 2.29. The minimum absolute atomic E-state index is 0.334. The summed E-state index contributed by atoms with van der Waals surface area (Å²) in [7, 11) is 0. The van der Waals surface area contributed by atoms with Crippen LogP contribution < -0.4 is 0 Å². The Kier molecular flexibility index (Phi) is 2.48. The lowest BCUT2D eigenvalue weighted by atomic mass is 9.86. The maximum absolute atomic E-state index is 11.6. The standard InChI is InChI=1S/C15H13NO/c17-12-8-7-11-4-3-5-13(14(11)10-12)15-6-1-2-9-16-15/h1-6,9H,7-8,10H2. The fraction of sp³-hybridized carbons (Fsp3) is 0.200. The van der Waals surface area contributed by atoms with Gasteiger partial charge in [0.05, 0.1) is 5.69 Å². The van der Waals surface area contributed by atoms with Crippen molar-refractivity contribution in [2.45, 2.75) is 19.3 Å². The van der Waals surface area contributed by atoms with Crippen molar-refractivity contribution in [3.8, 4) is 11.3 Å². The molecule has 0 atom stereocenters. The minimum Gasteiger partial charge on any atom is -0.299 e. The Labute approximate surface area is 100 Å². The predicted molar refractivity (Wildman–Crippen MR) is 66.7 cm³/mol. The molecule has 1 aliphatic carbocycles. The number of aromatic nitrogens is 1. The van der Waals surface area contributed by atoms with E-state index in [4.69, 9.17) is 0 Å². The quantitative estimate of drug-likeness (QED) is 0.744. The van der Waals surface area contributed by atoms with E-state index in [0.717, 1.165) is 17.7 Å². The molecule has 84 valence electrons. The van der Waals surface area contributed by atoms with E-state index in [9.17, 15) is 4.79 Å². The van der Waals surface area contributed by atoms with Crippen LogP contribution >= 0.6 is 0 Å². The van der Waals surface area contributed by atoms with Gasteiger partial charge in [0.1, 0.15) is 5.78 Å². The van der Waals surface area contributed by atoms with Crippen molar-refractivity contribution in [3.63, 3.8) is 0 Å². The van der Waals surface area contributed by atoms with Crippen LogP contribution in [-0.2, 0) is 17.6 Å². The number of hydrogen-bond acceptors (Lipinski definition) is 2. The van der Waals surface area contributed by atoms with E-state index in [1.165, 1.54) is 11.1 Å². The van der Waals surface area contributed by atoms with E-state index in [2.05, 4.69) is 23.2 Å². The SMILES string of the molecule is O=C1CCc2cccc(-c3ccccn3)c2C1. The van der Waals surface area contributed by atoms with Crippen molar-refractivity contribution in [3.05, 3.63) is 53.7 Å². The average Bonchev–Trinajstić information content (AvgIpc) is 2.39. The molecule has 0 N–H and O–H groups in total. The number of hydrogen-bond donors (Lipinski definition) is 0. The average molecular weight is 223 g/mol. The molecule has 0 saturated heterocycles. The molecule has 1 aliphatic rings. The molecule has 1 heterocycles. The summed E-state index contributed by atoms with van der Waals surface area (Å²) < 4.78 is 0. The van der Waals surface area contributed by atoms with Crippen LogP contribution in [0.2, 0.25) is 0 Å². The summed E-state index contributed by atoms with van der Waals surface area (Å²) >= 11 is 0. The molecular weight excluding hydrogens is 210 g/mol. The lowest BCUT2D eigenvalue weighted by molar-refractivity contribution is -0.118. The second kappa shape index (κ2) is 4.13. The van der Waals surface area contributed by atoms with Crippen LogP contribution in [0.25, 0.3) is 11.3 Å². The number of ketones is 1. The lowest BCUT2D eigenvalue weighted by Gasteiger charge is -2.18. The van der Waals surface area contributed by atoms with Crippen molar-refractivity contribution < 1.29 is 4.79 Å². The summed E-state index contributed by atoms with van der Waals surface area (Å²) in [6.45, 7) is 0. The van der Waals surface area contributed by atoms with Gasteiger partial charge in [-0.3, -0.25) is 9.78 Å². The van der Waals surface area contributed by atoms with Gasteiger partial charge in [-0.15, -0.1) is 0 Å². The Bertz CT molecular complexity index is 560. The van der Waals surface area contributed by atoms with Crippen LogP contribution in [0.5, 0.6) is 0 Å². The van der Waals surface area contributed by atoms with Gasteiger partial charge in [0.25, 0.3) is 0 Å². The van der Waals surface area contributed by atoms with E-state index >= 15 is 0 Å². The van der Waals surface area contributed by atoms with Gasteiger partial charge in [-0.1, -0.05) is 24.3 Å². The summed E-state index contributed by atoms with van der Waals surface area (Å²) in [5.41, 5.74) is 4.53. The molecule has 0 unspecified atom stereocenters. The monoisotopic (exact) mass is 223 g/mol. The van der Waals surface area contributed by atoms with Crippen molar-refractivity contribution in [1.29, 1.82) is 0 Å². The first-order valence-corrected chi connectivity index (χ1v) is 5.88. The molecule has 0 amide bonds. The van der Waals surface area contributed by atoms with E-state index in [1.807, 2.05) is 18.2 Å². The Morgan fingerprint density at radius 1 is 1.00 bits per heavy atom. The fourth-order valence-electron chi connectivity index (χ4n) is 2.40. The Morgan fingerprint density at radius 3 is 2.76 bits per heavy atom. The van der Waals surface area contributed by atoms with Crippen LogP contribution in [0, 0.1) is 0 Å². The highest BCUT2D eigenvalue weighted by Gasteiger charge is 2.19. The summed E-state index contributed by atoms with van der Waals surface area (Å²) in [5.74, 6) is 0.334. The van der Waals surface area contributed by atoms with Crippen LogP contribution in [-0.4, -0.2) is 10.8 Å². The molecule has 0 bridgehead atoms. The maximum Gasteiger partial charge on any atom is 0.137 e. The zero-order valence-electron chi connectivity index (χ0n) is 9.52. The normalized spacial score (nSPS) is 14.5. The van der Waals surface area contributed by atoms with Gasteiger partial charge in [0.2, 0.25) is 0 Å². The Hall–Kier alpha value is -1.96. The number of fused-ring (bicyclic) bond motifs is 1. The molecule has 1 aromatic carbocycles. The van der Waals surface area contributed by atoms with Crippen molar-refractivity contribution in [2.75, 3.05) is 0 Å². The molecule has 0 spiro atoms. The molecule has 17 heavy (non-hydrogen) atoms. The van der Waals surface area contributed by atoms with E-state index in [0.29, 0.717) is 18.6 Å². The van der Waals surface area contributed by atoms with Gasteiger partial charge >= 0.3 is 0 Å². The van der Waals surface area contributed by atoms with Gasteiger partial charge in [0.15, 0.2) is 0 Å². The molecule has 2 heteroatoms. The zero-order chi connectivity index (χ0) is 11.7. The summed E-state index contributed by atoms with van der Waals surface area (Å²) in [6, 6.07) is 12.1. The molecule has 0 saturated carbocycles. The van der Waals surface area contributed by atoms with E-state index < -0.39 is 0 Å². The summed E-state index contributed by atoms with van der Waals surface area (Å²) in [5, 5.41) is 0. The highest BCUT2D eigenvalue weighted by molar-refractivity contribution is 5.86. The van der Waals surface area contributed by atoms with Crippen molar-refractivity contribution >= 4 is 5.78 Å². The van der Waals surface area contributed by atoms with Gasteiger partial charge in [-0.25, -0.2) is 0 Å². The van der Waals surface area contributed by atoms with Crippen molar-refractivity contribution in [2.24, 2.45) is 0 Å². The number of Topliss-reactive ketones (excluding diaryl/α,β-unsaturated/α-hetero) is 1. The first kappa shape index (κ1) is 10.2. The second-order valence-electron chi connectivity index (χ2n) is 4.37. The van der Waals surface area contributed by atoms with Gasteiger partial charge in [-0.2, -0.15) is 0 Å². The number of rotatable bonds is 1. The molecule has 0 fully saturated rings. The third-order valence-electron chi connectivity index (χ3n) is 3.26. The number of nitrogens with zero attached hydrogens (tertiary/aromatic N) is 1.